The molecule has 6 heteroatoms. The minimum Gasteiger partial charge on any atom is -0.508 e. The predicted octanol–water partition coefficient (Wildman–Crippen LogP) is 1.88. The van der Waals surface area contributed by atoms with Gasteiger partial charge in [0, 0.05) is 24.8 Å². The second kappa shape index (κ2) is 6.85. The van der Waals surface area contributed by atoms with Gasteiger partial charge in [0.15, 0.2) is 0 Å². The summed E-state index contributed by atoms with van der Waals surface area (Å²) < 4.78 is 0. The summed E-state index contributed by atoms with van der Waals surface area (Å²) in [6.07, 6.45) is 0.856. The van der Waals surface area contributed by atoms with Crippen molar-refractivity contribution in [3.8, 4) is 5.75 Å². The fourth-order valence-electron chi connectivity index (χ4n) is 2.39. The SMILES string of the molecule is CCCNC(=O)C1CSC(c2ccccc2O)N1C(C)=O. The maximum absolute atomic E-state index is 12.2. The van der Waals surface area contributed by atoms with E-state index in [1.165, 1.54) is 18.7 Å². The number of para-hydroxylation sites is 1. The van der Waals surface area contributed by atoms with Crippen LogP contribution in [-0.4, -0.2) is 40.2 Å². The number of hydrogen-bond donors (Lipinski definition) is 2. The minimum absolute atomic E-state index is 0.127. The summed E-state index contributed by atoms with van der Waals surface area (Å²) in [7, 11) is 0. The van der Waals surface area contributed by atoms with E-state index in [9.17, 15) is 14.7 Å². The maximum atomic E-state index is 12.2. The van der Waals surface area contributed by atoms with Gasteiger partial charge in [0.2, 0.25) is 11.8 Å². The molecule has 2 unspecified atom stereocenters. The van der Waals surface area contributed by atoms with Crippen molar-refractivity contribution in [2.24, 2.45) is 0 Å². The zero-order valence-corrected chi connectivity index (χ0v) is 13.0. The zero-order valence-electron chi connectivity index (χ0n) is 12.2. The first-order valence-corrected chi connectivity index (χ1v) is 8.07. The highest BCUT2D eigenvalue weighted by atomic mass is 32.2. The van der Waals surface area contributed by atoms with E-state index in [1.54, 1.807) is 23.1 Å². The second-order valence-electron chi connectivity index (χ2n) is 4.98. The Labute approximate surface area is 128 Å². The van der Waals surface area contributed by atoms with Crippen molar-refractivity contribution < 1.29 is 14.7 Å². The van der Waals surface area contributed by atoms with Crippen LogP contribution in [0.15, 0.2) is 24.3 Å². The summed E-state index contributed by atoms with van der Waals surface area (Å²) in [6.45, 7) is 4.04. The van der Waals surface area contributed by atoms with E-state index in [2.05, 4.69) is 5.32 Å². The van der Waals surface area contributed by atoms with E-state index in [1.807, 2.05) is 13.0 Å². The van der Waals surface area contributed by atoms with Gasteiger partial charge in [-0.05, 0) is 12.5 Å². The Hall–Kier alpha value is -1.69. The van der Waals surface area contributed by atoms with Crippen LogP contribution in [0.1, 0.15) is 31.2 Å². The standard InChI is InChI=1S/C15H20N2O3S/c1-3-8-16-14(20)12-9-21-15(17(12)10(2)18)11-6-4-5-7-13(11)19/h4-7,12,15,19H,3,8-9H2,1-2H3,(H,16,20). The number of aromatic hydroxyl groups is 1. The lowest BCUT2D eigenvalue weighted by Gasteiger charge is -2.28. The fourth-order valence-corrected chi connectivity index (χ4v) is 3.91. The Morgan fingerprint density at radius 3 is 2.76 bits per heavy atom. The van der Waals surface area contributed by atoms with Crippen molar-refractivity contribution in [3.63, 3.8) is 0 Å². The Balaban J connectivity index is 2.23. The molecule has 0 aromatic heterocycles. The third kappa shape index (κ3) is 3.32. The van der Waals surface area contributed by atoms with E-state index in [0.717, 1.165) is 6.42 Å². The van der Waals surface area contributed by atoms with Crippen molar-refractivity contribution in [1.29, 1.82) is 0 Å². The average molecular weight is 308 g/mol. The predicted molar refractivity (Wildman–Crippen MR) is 82.9 cm³/mol. The van der Waals surface area contributed by atoms with Gasteiger partial charge >= 0.3 is 0 Å². The molecule has 1 aliphatic rings. The molecule has 1 saturated heterocycles. The van der Waals surface area contributed by atoms with Crippen LogP contribution in [0.5, 0.6) is 5.75 Å². The van der Waals surface area contributed by atoms with Gasteiger partial charge in [-0.2, -0.15) is 0 Å². The molecule has 0 radical (unpaired) electrons. The van der Waals surface area contributed by atoms with Crippen LogP contribution >= 0.6 is 11.8 Å². The van der Waals surface area contributed by atoms with Gasteiger partial charge in [-0.25, -0.2) is 0 Å². The van der Waals surface area contributed by atoms with E-state index >= 15 is 0 Å². The highest BCUT2D eigenvalue weighted by Crippen LogP contribution is 2.44. The van der Waals surface area contributed by atoms with E-state index in [-0.39, 0.29) is 22.9 Å². The first-order valence-electron chi connectivity index (χ1n) is 7.02. The molecule has 2 amide bonds. The van der Waals surface area contributed by atoms with Crippen LogP contribution in [0.3, 0.4) is 0 Å². The summed E-state index contributed by atoms with van der Waals surface area (Å²) in [5, 5.41) is 12.5. The van der Waals surface area contributed by atoms with Gasteiger partial charge in [-0.3, -0.25) is 9.59 Å². The van der Waals surface area contributed by atoms with Crippen molar-refractivity contribution in [2.45, 2.75) is 31.7 Å². The monoisotopic (exact) mass is 308 g/mol. The number of benzene rings is 1. The molecular formula is C15H20N2O3S. The third-order valence-corrected chi connectivity index (χ3v) is 4.72. The fraction of sp³-hybridized carbons (Fsp3) is 0.467. The Morgan fingerprint density at radius 2 is 2.14 bits per heavy atom. The normalized spacial score (nSPS) is 21.3. The lowest BCUT2D eigenvalue weighted by Crippen LogP contribution is -2.47. The van der Waals surface area contributed by atoms with Crippen molar-refractivity contribution in [2.75, 3.05) is 12.3 Å². The molecule has 0 saturated carbocycles. The molecule has 5 nitrogen and oxygen atoms in total. The summed E-state index contributed by atoms with van der Waals surface area (Å²) in [5.41, 5.74) is 0.670. The molecule has 2 rings (SSSR count). The van der Waals surface area contributed by atoms with Crippen LogP contribution < -0.4 is 5.32 Å². The van der Waals surface area contributed by atoms with Crippen LogP contribution in [0, 0.1) is 0 Å². The number of nitrogens with zero attached hydrogens (tertiary/aromatic N) is 1. The smallest absolute Gasteiger partial charge is 0.243 e. The molecule has 0 spiro atoms. The van der Waals surface area contributed by atoms with Crippen molar-refractivity contribution in [3.05, 3.63) is 29.8 Å². The molecule has 1 aromatic carbocycles. The van der Waals surface area contributed by atoms with E-state index in [0.29, 0.717) is 17.9 Å². The van der Waals surface area contributed by atoms with Gasteiger partial charge in [-0.1, -0.05) is 25.1 Å². The quantitative estimate of drug-likeness (QED) is 0.891. The summed E-state index contributed by atoms with van der Waals surface area (Å²) in [6, 6.07) is 6.46. The van der Waals surface area contributed by atoms with Crippen LogP contribution in [-0.2, 0) is 9.59 Å². The molecular weight excluding hydrogens is 288 g/mol. The molecule has 1 aliphatic heterocycles. The molecule has 2 atom stereocenters. The van der Waals surface area contributed by atoms with Crippen LogP contribution in [0.25, 0.3) is 0 Å². The van der Waals surface area contributed by atoms with Crippen LogP contribution in [0.2, 0.25) is 0 Å². The number of nitrogens with one attached hydrogen (secondary N) is 1. The van der Waals surface area contributed by atoms with Crippen LogP contribution in [0.4, 0.5) is 0 Å². The molecule has 1 aromatic rings. The molecule has 1 heterocycles. The minimum atomic E-state index is -0.483. The van der Waals surface area contributed by atoms with E-state index in [4.69, 9.17) is 0 Å². The highest BCUT2D eigenvalue weighted by Gasteiger charge is 2.41. The zero-order chi connectivity index (χ0) is 15.4. The number of rotatable bonds is 4. The number of hydrogen-bond acceptors (Lipinski definition) is 4. The molecule has 1 fully saturated rings. The van der Waals surface area contributed by atoms with Gasteiger partial charge in [-0.15, -0.1) is 11.8 Å². The maximum Gasteiger partial charge on any atom is 0.243 e. The summed E-state index contributed by atoms with van der Waals surface area (Å²) in [5.74, 6) is 0.395. The van der Waals surface area contributed by atoms with Gasteiger partial charge in [0.25, 0.3) is 0 Å². The third-order valence-electron chi connectivity index (χ3n) is 3.42. The Morgan fingerprint density at radius 1 is 1.43 bits per heavy atom. The molecule has 2 N–H and O–H groups in total. The lowest BCUT2D eigenvalue weighted by atomic mass is 10.1. The number of carbonyl (C=O) groups excluding carboxylic acids is 2. The summed E-state index contributed by atoms with van der Waals surface area (Å²) >= 11 is 1.50. The van der Waals surface area contributed by atoms with Crippen molar-refractivity contribution in [1.82, 2.24) is 10.2 Å². The first kappa shape index (κ1) is 15.7. The number of phenols is 1. The van der Waals surface area contributed by atoms with E-state index < -0.39 is 6.04 Å². The highest BCUT2D eigenvalue weighted by molar-refractivity contribution is 7.99. The number of amides is 2. The summed E-state index contributed by atoms with van der Waals surface area (Å²) in [4.78, 5) is 25.7. The Kier molecular flexibility index (Phi) is 5.12. The van der Waals surface area contributed by atoms with Crippen molar-refractivity contribution >= 4 is 23.6 Å². The topological polar surface area (TPSA) is 69.6 Å². The molecule has 0 bridgehead atoms. The van der Waals surface area contributed by atoms with Gasteiger partial charge < -0.3 is 15.3 Å². The first-order chi connectivity index (χ1) is 10.1. The molecule has 0 aliphatic carbocycles. The second-order valence-corrected chi connectivity index (χ2v) is 6.09. The molecule has 21 heavy (non-hydrogen) atoms. The number of thioether (sulfide) groups is 1. The largest absolute Gasteiger partial charge is 0.508 e. The lowest BCUT2D eigenvalue weighted by molar-refractivity contribution is -0.138. The number of phenolic OH excluding ortho intramolecular Hbond substituents is 1. The molecule has 114 valence electrons. The average Bonchev–Trinajstić information content (AvgIpc) is 2.90. The Bertz CT molecular complexity index is 535. The van der Waals surface area contributed by atoms with Gasteiger partial charge in [0.1, 0.15) is 17.2 Å². The van der Waals surface area contributed by atoms with Gasteiger partial charge in [0.05, 0.1) is 0 Å². The number of carbonyl (C=O) groups is 2.